The number of ether oxygens (including phenoxy) is 1. The molecule has 0 radical (unpaired) electrons. The summed E-state index contributed by atoms with van der Waals surface area (Å²) in [6.45, 7) is 0. The lowest BCUT2D eigenvalue weighted by molar-refractivity contribution is -0.120. The summed E-state index contributed by atoms with van der Waals surface area (Å²) in [4.78, 5) is 11.8. The molecule has 0 saturated carbocycles. The molecule has 0 spiro atoms. The number of amides is 1. The summed E-state index contributed by atoms with van der Waals surface area (Å²) in [6.07, 6.45) is 1.84. The van der Waals surface area contributed by atoms with Crippen LogP contribution in [0.25, 0.3) is 0 Å². The first-order valence-electron chi connectivity index (χ1n) is 6.48. The maximum atomic E-state index is 11.8. The number of rotatable bonds is 5. The van der Waals surface area contributed by atoms with Crippen molar-refractivity contribution < 1.29 is 9.53 Å². The highest BCUT2D eigenvalue weighted by molar-refractivity contribution is 9.10. The molecule has 0 saturated heterocycles. The van der Waals surface area contributed by atoms with Crippen molar-refractivity contribution in [2.45, 2.75) is 6.42 Å². The first kappa shape index (κ1) is 16.7. The molecule has 0 aliphatic rings. The van der Waals surface area contributed by atoms with Crippen LogP contribution in [-0.2, 0) is 11.2 Å². The number of nitrogens with zero attached hydrogens (tertiary/aromatic N) is 1. The number of carbonyl (C=O) groups is 1. The quantitative estimate of drug-likeness (QED) is 0.583. The molecule has 0 unspecified atom stereocenters. The molecule has 0 heterocycles. The zero-order valence-corrected chi connectivity index (χ0v) is 15.0. The van der Waals surface area contributed by atoms with Gasteiger partial charge in [-0.2, -0.15) is 5.10 Å². The summed E-state index contributed by atoms with van der Waals surface area (Å²) in [5.74, 6) is 0.515. The number of hydrogen-bond donors (Lipinski definition) is 1. The van der Waals surface area contributed by atoms with Crippen LogP contribution < -0.4 is 10.2 Å². The van der Waals surface area contributed by atoms with E-state index in [1.165, 1.54) is 0 Å². The highest BCUT2D eigenvalue weighted by Crippen LogP contribution is 2.21. The third kappa shape index (κ3) is 4.96. The molecule has 0 fully saturated rings. The van der Waals surface area contributed by atoms with Gasteiger partial charge in [-0.1, -0.05) is 44.0 Å². The second-order valence-electron chi connectivity index (χ2n) is 4.48. The Morgan fingerprint density at radius 2 is 1.86 bits per heavy atom. The largest absolute Gasteiger partial charge is 0.496 e. The third-order valence-electron chi connectivity index (χ3n) is 2.86. The predicted molar refractivity (Wildman–Crippen MR) is 94.3 cm³/mol. The Bertz CT molecular complexity index is 685. The molecule has 2 aromatic rings. The molecular weight excluding hydrogens is 412 g/mol. The SMILES string of the molecule is COc1ccc(Br)cc1/C=N\NC(=O)Cc1ccc(Br)cc1. The van der Waals surface area contributed by atoms with Crippen LogP contribution in [0.4, 0.5) is 0 Å². The van der Waals surface area contributed by atoms with Crippen LogP contribution in [-0.4, -0.2) is 19.2 Å². The van der Waals surface area contributed by atoms with Gasteiger partial charge in [-0.15, -0.1) is 0 Å². The van der Waals surface area contributed by atoms with Crippen LogP contribution in [0.15, 0.2) is 56.5 Å². The fourth-order valence-electron chi connectivity index (χ4n) is 1.81. The molecule has 0 atom stereocenters. The normalized spacial score (nSPS) is 10.7. The second-order valence-corrected chi connectivity index (χ2v) is 6.31. The van der Waals surface area contributed by atoms with Gasteiger partial charge in [0.15, 0.2) is 0 Å². The van der Waals surface area contributed by atoms with Crippen LogP contribution in [0, 0.1) is 0 Å². The molecule has 0 bridgehead atoms. The van der Waals surface area contributed by atoms with E-state index in [0.29, 0.717) is 5.75 Å². The maximum absolute atomic E-state index is 11.8. The number of methoxy groups -OCH3 is 1. The number of carbonyl (C=O) groups excluding carboxylic acids is 1. The van der Waals surface area contributed by atoms with Crippen LogP contribution >= 0.6 is 31.9 Å². The van der Waals surface area contributed by atoms with E-state index in [9.17, 15) is 4.79 Å². The molecule has 22 heavy (non-hydrogen) atoms. The molecule has 2 rings (SSSR count). The van der Waals surface area contributed by atoms with Crippen molar-refractivity contribution >= 4 is 44.0 Å². The van der Waals surface area contributed by atoms with Crippen molar-refractivity contribution in [3.05, 3.63) is 62.5 Å². The van der Waals surface area contributed by atoms with Gasteiger partial charge in [0, 0.05) is 14.5 Å². The van der Waals surface area contributed by atoms with E-state index in [4.69, 9.17) is 4.74 Å². The summed E-state index contributed by atoms with van der Waals surface area (Å²) in [5, 5.41) is 3.97. The van der Waals surface area contributed by atoms with Crippen molar-refractivity contribution in [1.82, 2.24) is 5.43 Å². The number of nitrogens with one attached hydrogen (secondary N) is 1. The Labute approximate surface area is 145 Å². The number of hydrogen-bond acceptors (Lipinski definition) is 3. The van der Waals surface area contributed by atoms with E-state index in [1.807, 2.05) is 42.5 Å². The highest BCUT2D eigenvalue weighted by atomic mass is 79.9. The molecule has 0 aromatic heterocycles. The van der Waals surface area contributed by atoms with E-state index < -0.39 is 0 Å². The molecule has 2 aromatic carbocycles. The van der Waals surface area contributed by atoms with Gasteiger partial charge in [-0.3, -0.25) is 4.79 Å². The Hall–Kier alpha value is -1.66. The van der Waals surface area contributed by atoms with E-state index in [1.54, 1.807) is 13.3 Å². The molecule has 4 nitrogen and oxygen atoms in total. The summed E-state index contributed by atoms with van der Waals surface area (Å²) in [6, 6.07) is 13.2. The fraction of sp³-hybridized carbons (Fsp3) is 0.125. The van der Waals surface area contributed by atoms with E-state index in [-0.39, 0.29) is 12.3 Å². The Balaban J connectivity index is 1.96. The van der Waals surface area contributed by atoms with Gasteiger partial charge in [0.2, 0.25) is 5.91 Å². The van der Waals surface area contributed by atoms with Gasteiger partial charge in [0.05, 0.1) is 19.7 Å². The minimum absolute atomic E-state index is 0.174. The monoisotopic (exact) mass is 424 g/mol. The van der Waals surface area contributed by atoms with Gasteiger partial charge in [-0.25, -0.2) is 5.43 Å². The van der Waals surface area contributed by atoms with Gasteiger partial charge >= 0.3 is 0 Å². The van der Waals surface area contributed by atoms with Gasteiger partial charge < -0.3 is 4.74 Å². The lowest BCUT2D eigenvalue weighted by atomic mass is 10.1. The van der Waals surface area contributed by atoms with E-state index in [2.05, 4.69) is 42.4 Å². The number of halogens is 2. The second kappa shape index (κ2) is 8.10. The van der Waals surface area contributed by atoms with Gasteiger partial charge in [0.1, 0.15) is 5.75 Å². The summed E-state index contributed by atoms with van der Waals surface area (Å²) < 4.78 is 7.13. The number of benzene rings is 2. The van der Waals surface area contributed by atoms with Gasteiger partial charge in [0.25, 0.3) is 0 Å². The average Bonchev–Trinajstić information content (AvgIpc) is 2.50. The van der Waals surface area contributed by atoms with Crippen LogP contribution in [0.3, 0.4) is 0 Å². The van der Waals surface area contributed by atoms with Crippen molar-refractivity contribution in [3.8, 4) is 5.75 Å². The van der Waals surface area contributed by atoms with Crippen molar-refractivity contribution in [1.29, 1.82) is 0 Å². The van der Waals surface area contributed by atoms with Crippen molar-refractivity contribution in [3.63, 3.8) is 0 Å². The Morgan fingerprint density at radius 1 is 1.18 bits per heavy atom. The van der Waals surface area contributed by atoms with E-state index >= 15 is 0 Å². The van der Waals surface area contributed by atoms with E-state index in [0.717, 1.165) is 20.1 Å². The van der Waals surface area contributed by atoms with Crippen LogP contribution in [0.2, 0.25) is 0 Å². The van der Waals surface area contributed by atoms with Crippen molar-refractivity contribution in [2.24, 2.45) is 5.10 Å². The molecule has 6 heteroatoms. The fourth-order valence-corrected chi connectivity index (χ4v) is 2.45. The number of hydrazone groups is 1. The van der Waals surface area contributed by atoms with Crippen LogP contribution in [0.5, 0.6) is 5.75 Å². The average molecular weight is 426 g/mol. The predicted octanol–water partition coefficient (Wildman–Crippen LogP) is 3.91. The third-order valence-corrected chi connectivity index (χ3v) is 3.88. The maximum Gasteiger partial charge on any atom is 0.244 e. The molecular formula is C16H14Br2N2O2. The molecule has 114 valence electrons. The summed E-state index contributed by atoms with van der Waals surface area (Å²) in [5.41, 5.74) is 4.22. The first-order chi connectivity index (χ1) is 10.6. The standard InChI is InChI=1S/C16H14Br2N2O2/c1-22-15-7-6-14(18)9-12(15)10-19-20-16(21)8-11-2-4-13(17)5-3-11/h2-7,9-10H,8H2,1H3,(H,20,21)/b19-10-. The van der Waals surface area contributed by atoms with Crippen LogP contribution in [0.1, 0.15) is 11.1 Å². The minimum atomic E-state index is -0.174. The minimum Gasteiger partial charge on any atom is -0.496 e. The topological polar surface area (TPSA) is 50.7 Å². The Morgan fingerprint density at radius 3 is 2.55 bits per heavy atom. The van der Waals surface area contributed by atoms with Crippen molar-refractivity contribution in [2.75, 3.05) is 7.11 Å². The zero-order chi connectivity index (χ0) is 15.9. The summed E-state index contributed by atoms with van der Waals surface area (Å²) in [7, 11) is 1.59. The molecule has 1 N–H and O–H groups in total. The first-order valence-corrected chi connectivity index (χ1v) is 8.07. The molecule has 0 aliphatic carbocycles. The highest BCUT2D eigenvalue weighted by Gasteiger charge is 2.03. The van der Waals surface area contributed by atoms with Gasteiger partial charge in [-0.05, 0) is 35.9 Å². The molecule has 0 aliphatic heterocycles. The zero-order valence-electron chi connectivity index (χ0n) is 11.8. The lowest BCUT2D eigenvalue weighted by Gasteiger charge is -2.05. The smallest absolute Gasteiger partial charge is 0.244 e. The Kier molecular flexibility index (Phi) is 6.15. The molecule has 1 amide bonds. The summed E-state index contributed by atoms with van der Waals surface area (Å²) >= 11 is 6.75. The lowest BCUT2D eigenvalue weighted by Crippen LogP contribution is -2.19.